The molecule has 1 aliphatic heterocycles. The number of nitrogens with zero attached hydrogens (tertiary/aromatic N) is 2. The van der Waals surface area contributed by atoms with Crippen molar-refractivity contribution in [1.82, 2.24) is 0 Å². The van der Waals surface area contributed by atoms with E-state index in [4.69, 9.17) is 14.5 Å². The minimum absolute atomic E-state index is 0.0219. The lowest BCUT2D eigenvalue weighted by molar-refractivity contribution is -0.132. The van der Waals surface area contributed by atoms with Crippen LogP contribution in [0.25, 0.3) is 0 Å². The number of hydrogen-bond acceptors (Lipinski definition) is 6. The van der Waals surface area contributed by atoms with Gasteiger partial charge in [0.25, 0.3) is 0 Å². The van der Waals surface area contributed by atoms with E-state index in [1.54, 1.807) is 18.2 Å². The molecule has 0 aromatic heterocycles. The molecule has 0 saturated heterocycles. The van der Waals surface area contributed by atoms with Gasteiger partial charge in [0.05, 0.1) is 18.6 Å². The van der Waals surface area contributed by atoms with E-state index >= 15 is 0 Å². The van der Waals surface area contributed by atoms with Crippen LogP contribution in [0.1, 0.15) is 56.6 Å². The normalized spacial score (nSPS) is 22.2. The number of carbonyl (C=O) groups excluding carboxylic acids is 2. The molecule has 6 heteroatoms. The molecule has 0 saturated carbocycles. The lowest BCUT2D eigenvalue weighted by atomic mass is 9.69. The molecule has 1 heterocycles. The zero-order valence-corrected chi connectivity index (χ0v) is 19.0. The first-order valence-electron chi connectivity index (χ1n) is 11.1. The molecule has 0 radical (unpaired) electrons. The molecule has 0 bridgehead atoms. The Kier molecular flexibility index (Phi) is 6.41. The highest BCUT2D eigenvalue weighted by atomic mass is 16.6. The van der Waals surface area contributed by atoms with Crippen molar-refractivity contribution in [3.05, 3.63) is 70.9 Å². The molecule has 1 aliphatic carbocycles. The highest BCUT2D eigenvalue weighted by molar-refractivity contribution is 6.03. The van der Waals surface area contributed by atoms with Gasteiger partial charge in [0, 0.05) is 36.2 Å². The lowest BCUT2D eigenvalue weighted by Gasteiger charge is -2.35. The van der Waals surface area contributed by atoms with Gasteiger partial charge in [-0.25, -0.2) is 0 Å². The van der Waals surface area contributed by atoms with E-state index in [9.17, 15) is 14.9 Å². The molecule has 0 fully saturated rings. The molecule has 0 spiro atoms. The number of carbonyl (C=O) groups is 2. The smallest absolute Gasteiger partial charge is 0.308 e. The van der Waals surface area contributed by atoms with Gasteiger partial charge >= 0.3 is 5.97 Å². The molecule has 0 N–H and O–H groups in total. The van der Waals surface area contributed by atoms with Crippen LogP contribution in [0, 0.1) is 17.2 Å². The summed E-state index contributed by atoms with van der Waals surface area (Å²) in [5.74, 6) is -0.635. The van der Waals surface area contributed by atoms with Crippen molar-refractivity contribution in [3.63, 3.8) is 0 Å². The molecule has 168 valence electrons. The van der Waals surface area contributed by atoms with E-state index < -0.39 is 17.8 Å². The zero-order valence-electron chi connectivity index (χ0n) is 19.0. The van der Waals surface area contributed by atoms with Crippen molar-refractivity contribution in [2.45, 2.75) is 45.4 Å². The van der Waals surface area contributed by atoms with Crippen molar-refractivity contribution in [1.29, 1.82) is 5.26 Å². The number of Topliss-reactive ketones (excluding diaryl/α,β-unsaturated/α-hetero) is 1. The quantitative estimate of drug-likeness (QED) is 0.474. The Labute approximate surface area is 193 Å². The molecule has 4 rings (SSSR count). The summed E-state index contributed by atoms with van der Waals surface area (Å²) in [6, 6.07) is 17.6. The highest BCUT2D eigenvalue weighted by Gasteiger charge is 2.41. The van der Waals surface area contributed by atoms with Crippen LogP contribution in [0.15, 0.2) is 64.8 Å². The first kappa shape index (κ1) is 22.5. The highest BCUT2D eigenvalue weighted by Crippen LogP contribution is 2.47. The van der Waals surface area contributed by atoms with E-state index in [0.717, 1.165) is 16.8 Å². The summed E-state index contributed by atoms with van der Waals surface area (Å²) in [6.07, 6.45) is 1.04. The summed E-state index contributed by atoms with van der Waals surface area (Å²) in [5.41, 5.74) is 3.96. The van der Waals surface area contributed by atoms with Crippen LogP contribution >= 0.6 is 0 Å². The Morgan fingerprint density at radius 2 is 1.88 bits per heavy atom. The summed E-state index contributed by atoms with van der Waals surface area (Å²) >= 11 is 0. The van der Waals surface area contributed by atoms with Gasteiger partial charge in [-0.2, -0.15) is 5.26 Å². The van der Waals surface area contributed by atoms with Crippen molar-refractivity contribution >= 4 is 17.5 Å². The van der Waals surface area contributed by atoms with Crippen molar-refractivity contribution < 1.29 is 19.1 Å². The predicted octanol–water partition coefficient (Wildman–Crippen LogP) is 5.11. The first-order valence-corrected chi connectivity index (χ1v) is 11.1. The molecule has 1 unspecified atom stereocenters. The summed E-state index contributed by atoms with van der Waals surface area (Å²) in [4.78, 5) is 29.7. The van der Waals surface area contributed by atoms with Crippen LogP contribution < -0.4 is 9.47 Å². The van der Waals surface area contributed by atoms with Gasteiger partial charge in [-0.3, -0.25) is 14.6 Å². The molecule has 2 aromatic rings. The second-order valence-corrected chi connectivity index (χ2v) is 8.37. The molecule has 2 aromatic carbocycles. The Balaban J connectivity index is 1.79. The maximum Gasteiger partial charge on any atom is 0.308 e. The predicted molar refractivity (Wildman–Crippen MR) is 124 cm³/mol. The number of rotatable bonds is 5. The number of esters is 1. The monoisotopic (exact) mass is 442 g/mol. The van der Waals surface area contributed by atoms with E-state index in [-0.39, 0.29) is 11.7 Å². The van der Waals surface area contributed by atoms with Crippen LogP contribution in [-0.4, -0.2) is 24.1 Å². The summed E-state index contributed by atoms with van der Waals surface area (Å²) < 4.78 is 11.0. The molecule has 2 aliphatic rings. The van der Waals surface area contributed by atoms with E-state index in [0.29, 0.717) is 42.2 Å². The third-order valence-corrected chi connectivity index (χ3v) is 6.18. The molecule has 6 nitrogen and oxygen atoms in total. The second kappa shape index (κ2) is 9.41. The molecular formula is C27H26N2O4. The number of ketones is 1. The van der Waals surface area contributed by atoms with Gasteiger partial charge in [-0.05, 0) is 49.4 Å². The first-order chi connectivity index (χ1) is 15.9. The lowest BCUT2D eigenvalue weighted by Crippen LogP contribution is -2.32. The fourth-order valence-corrected chi connectivity index (χ4v) is 4.77. The molecule has 0 amide bonds. The molecule has 33 heavy (non-hydrogen) atoms. The second-order valence-electron chi connectivity index (χ2n) is 8.37. The minimum atomic E-state index is -0.560. The number of ether oxygens (including phenoxy) is 2. The Morgan fingerprint density at radius 1 is 1.12 bits per heavy atom. The third kappa shape index (κ3) is 4.45. The van der Waals surface area contributed by atoms with E-state index in [2.05, 4.69) is 6.07 Å². The van der Waals surface area contributed by atoms with Gasteiger partial charge in [-0.15, -0.1) is 0 Å². The standard InChI is InChI=1S/C27H26N2O4/c1-4-32-25-14-19(10-11-24(25)33-17(3)30)26-21(15-28)16(2)29-22-12-20(13-23(31)27(22)26)18-8-6-5-7-9-18/h5-11,14,20-21,26H,4,12-13H2,1-3H3/t20-,21?,26+/m1/s1. The molecular weight excluding hydrogens is 416 g/mol. The van der Waals surface area contributed by atoms with Crippen LogP contribution in [0.4, 0.5) is 0 Å². The maximum absolute atomic E-state index is 13.5. The van der Waals surface area contributed by atoms with Crippen molar-refractivity contribution in [3.8, 4) is 17.6 Å². The number of hydrogen-bond donors (Lipinski definition) is 0. The summed E-state index contributed by atoms with van der Waals surface area (Å²) in [7, 11) is 0. The Bertz CT molecular complexity index is 1190. The fraction of sp³-hybridized carbons (Fsp3) is 0.333. The summed E-state index contributed by atoms with van der Waals surface area (Å²) in [6.45, 7) is 5.40. The topological polar surface area (TPSA) is 88.8 Å². The minimum Gasteiger partial charge on any atom is -0.490 e. The van der Waals surface area contributed by atoms with Crippen LogP contribution in [0.2, 0.25) is 0 Å². The summed E-state index contributed by atoms with van der Waals surface area (Å²) in [5, 5.41) is 9.98. The zero-order chi connectivity index (χ0) is 23.5. The maximum atomic E-state index is 13.5. The van der Waals surface area contributed by atoms with Crippen LogP contribution in [0.5, 0.6) is 11.5 Å². The van der Waals surface area contributed by atoms with Crippen LogP contribution in [-0.2, 0) is 9.59 Å². The Morgan fingerprint density at radius 3 is 2.55 bits per heavy atom. The average Bonchev–Trinajstić information content (AvgIpc) is 2.79. The van der Waals surface area contributed by atoms with Gasteiger partial charge in [0.1, 0.15) is 0 Å². The number of allylic oxidation sites excluding steroid dienone is 2. The van der Waals surface area contributed by atoms with E-state index in [1.165, 1.54) is 6.92 Å². The fourth-order valence-electron chi connectivity index (χ4n) is 4.77. The van der Waals surface area contributed by atoms with Gasteiger partial charge in [0.15, 0.2) is 17.3 Å². The van der Waals surface area contributed by atoms with Gasteiger partial charge < -0.3 is 9.47 Å². The van der Waals surface area contributed by atoms with Gasteiger partial charge in [0.2, 0.25) is 0 Å². The van der Waals surface area contributed by atoms with Crippen LogP contribution in [0.3, 0.4) is 0 Å². The third-order valence-electron chi connectivity index (χ3n) is 6.18. The number of benzene rings is 2. The largest absolute Gasteiger partial charge is 0.490 e. The number of aliphatic imine (C=N–C) groups is 1. The van der Waals surface area contributed by atoms with E-state index in [1.807, 2.05) is 44.2 Å². The van der Waals surface area contributed by atoms with Gasteiger partial charge in [-0.1, -0.05) is 36.4 Å². The SMILES string of the molecule is CCOc1cc([C@@H]2C3=C(C[C@@H](c4ccccc4)CC3=O)N=C(C)C2C#N)ccc1OC(C)=O. The van der Waals surface area contributed by atoms with Crippen molar-refractivity contribution in [2.24, 2.45) is 10.9 Å². The number of nitriles is 1. The average molecular weight is 443 g/mol. The molecule has 3 atom stereocenters. The Hall–Kier alpha value is -3.72. The van der Waals surface area contributed by atoms with Crippen molar-refractivity contribution in [2.75, 3.05) is 6.61 Å².